The number of ether oxygens (including phenoxy) is 1. The highest BCUT2D eigenvalue weighted by atomic mass is 16.5. The minimum Gasteiger partial charge on any atom is -0.497 e. The van der Waals surface area contributed by atoms with Gasteiger partial charge in [0.05, 0.1) is 12.6 Å². The summed E-state index contributed by atoms with van der Waals surface area (Å²) in [5.74, 6) is 1.18. The number of rotatable bonds is 8. The minimum atomic E-state index is -0.766. The van der Waals surface area contributed by atoms with Crippen LogP contribution in [0.1, 0.15) is 51.5 Å². The Kier molecular flexibility index (Phi) is 6.69. The SMILES string of the molecule is CCCC(C)(N)C(=O)NCCC(C)c1ccc(OC)cc1. The van der Waals surface area contributed by atoms with Gasteiger partial charge in [0.1, 0.15) is 5.75 Å². The van der Waals surface area contributed by atoms with Gasteiger partial charge < -0.3 is 15.8 Å². The van der Waals surface area contributed by atoms with Gasteiger partial charge in [-0.1, -0.05) is 32.4 Å². The molecule has 0 heterocycles. The highest BCUT2D eigenvalue weighted by molar-refractivity contribution is 5.85. The molecule has 0 saturated heterocycles. The molecule has 0 aromatic heterocycles. The third-order valence-corrected chi connectivity index (χ3v) is 3.84. The molecule has 4 heteroatoms. The summed E-state index contributed by atoms with van der Waals surface area (Å²) < 4.78 is 5.15. The molecule has 1 rings (SSSR count). The third-order valence-electron chi connectivity index (χ3n) is 3.84. The summed E-state index contributed by atoms with van der Waals surface area (Å²) >= 11 is 0. The molecule has 3 N–H and O–H groups in total. The lowest BCUT2D eigenvalue weighted by atomic mass is 9.95. The van der Waals surface area contributed by atoms with Gasteiger partial charge in [-0.3, -0.25) is 4.79 Å². The average molecular weight is 292 g/mol. The number of hydrogen-bond acceptors (Lipinski definition) is 3. The van der Waals surface area contributed by atoms with Gasteiger partial charge in [0.15, 0.2) is 0 Å². The van der Waals surface area contributed by atoms with E-state index in [-0.39, 0.29) is 5.91 Å². The maximum absolute atomic E-state index is 12.0. The Morgan fingerprint density at radius 3 is 2.52 bits per heavy atom. The average Bonchev–Trinajstić information content (AvgIpc) is 2.47. The molecule has 1 aromatic carbocycles. The summed E-state index contributed by atoms with van der Waals surface area (Å²) in [5, 5.41) is 2.94. The van der Waals surface area contributed by atoms with Crippen molar-refractivity contribution in [3.05, 3.63) is 29.8 Å². The molecular weight excluding hydrogens is 264 g/mol. The van der Waals surface area contributed by atoms with Crippen LogP contribution in [-0.4, -0.2) is 25.1 Å². The van der Waals surface area contributed by atoms with Crippen LogP contribution in [0.5, 0.6) is 5.75 Å². The van der Waals surface area contributed by atoms with E-state index in [0.717, 1.165) is 18.6 Å². The van der Waals surface area contributed by atoms with Gasteiger partial charge in [0.2, 0.25) is 5.91 Å². The Morgan fingerprint density at radius 2 is 2.00 bits per heavy atom. The van der Waals surface area contributed by atoms with Crippen molar-refractivity contribution in [3.8, 4) is 5.75 Å². The first-order chi connectivity index (χ1) is 9.90. The molecule has 0 fully saturated rings. The Balaban J connectivity index is 2.42. The standard InChI is InChI=1S/C17H28N2O2/c1-5-11-17(3,18)16(20)19-12-10-13(2)14-6-8-15(21-4)9-7-14/h6-9,13H,5,10-12,18H2,1-4H3,(H,19,20). The number of carbonyl (C=O) groups excluding carboxylic acids is 1. The smallest absolute Gasteiger partial charge is 0.239 e. The lowest BCUT2D eigenvalue weighted by Crippen LogP contribution is -2.51. The Morgan fingerprint density at radius 1 is 1.38 bits per heavy atom. The number of methoxy groups -OCH3 is 1. The minimum absolute atomic E-state index is 0.0636. The molecule has 2 unspecified atom stereocenters. The Bertz CT molecular complexity index is 441. The predicted octanol–water partition coefficient (Wildman–Crippen LogP) is 2.82. The van der Waals surface area contributed by atoms with Crippen LogP contribution in [-0.2, 0) is 4.79 Å². The fourth-order valence-corrected chi connectivity index (χ4v) is 2.34. The van der Waals surface area contributed by atoms with Gasteiger partial charge >= 0.3 is 0 Å². The second kappa shape index (κ2) is 8.03. The lowest BCUT2D eigenvalue weighted by molar-refractivity contribution is -0.126. The van der Waals surface area contributed by atoms with Crippen LogP contribution in [0.15, 0.2) is 24.3 Å². The van der Waals surface area contributed by atoms with Crippen LogP contribution in [0.2, 0.25) is 0 Å². The van der Waals surface area contributed by atoms with Crippen molar-refractivity contribution in [3.63, 3.8) is 0 Å². The molecular formula is C17H28N2O2. The molecule has 118 valence electrons. The zero-order chi connectivity index (χ0) is 15.9. The van der Waals surface area contributed by atoms with Crippen molar-refractivity contribution in [1.82, 2.24) is 5.32 Å². The van der Waals surface area contributed by atoms with Crippen molar-refractivity contribution in [2.24, 2.45) is 5.73 Å². The van der Waals surface area contributed by atoms with E-state index < -0.39 is 5.54 Å². The summed E-state index contributed by atoms with van der Waals surface area (Å²) in [6.07, 6.45) is 2.50. The highest BCUT2D eigenvalue weighted by Crippen LogP contribution is 2.21. The van der Waals surface area contributed by atoms with E-state index >= 15 is 0 Å². The Labute approximate surface area is 128 Å². The maximum atomic E-state index is 12.0. The van der Waals surface area contributed by atoms with Gasteiger partial charge in [-0.15, -0.1) is 0 Å². The van der Waals surface area contributed by atoms with Crippen LogP contribution in [0, 0.1) is 0 Å². The highest BCUT2D eigenvalue weighted by Gasteiger charge is 2.26. The second-order valence-corrected chi connectivity index (χ2v) is 5.89. The molecule has 1 aromatic rings. The normalized spacial score (nSPS) is 15.1. The number of amides is 1. The number of hydrogen-bond donors (Lipinski definition) is 2. The van der Waals surface area contributed by atoms with Crippen LogP contribution >= 0.6 is 0 Å². The molecule has 2 atom stereocenters. The molecule has 0 spiro atoms. The van der Waals surface area contributed by atoms with E-state index in [9.17, 15) is 4.79 Å². The second-order valence-electron chi connectivity index (χ2n) is 5.89. The Hall–Kier alpha value is -1.55. The van der Waals surface area contributed by atoms with E-state index in [0.29, 0.717) is 18.9 Å². The maximum Gasteiger partial charge on any atom is 0.239 e. The van der Waals surface area contributed by atoms with Crippen LogP contribution in [0.4, 0.5) is 0 Å². The van der Waals surface area contributed by atoms with Gasteiger partial charge in [-0.05, 0) is 43.4 Å². The zero-order valence-corrected chi connectivity index (χ0v) is 13.6. The molecule has 0 bridgehead atoms. The van der Waals surface area contributed by atoms with E-state index in [1.807, 2.05) is 19.1 Å². The van der Waals surface area contributed by atoms with E-state index in [4.69, 9.17) is 10.5 Å². The van der Waals surface area contributed by atoms with Gasteiger partial charge in [-0.2, -0.15) is 0 Å². The van der Waals surface area contributed by atoms with Crippen LogP contribution in [0.25, 0.3) is 0 Å². The summed E-state index contributed by atoms with van der Waals surface area (Å²) in [4.78, 5) is 12.0. The number of nitrogens with one attached hydrogen (secondary N) is 1. The molecule has 0 radical (unpaired) electrons. The molecule has 0 aliphatic heterocycles. The van der Waals surface area contributed by atoms with Gasteiger partial charge in [0, 0.05) is 6.54 Å². The number of carbonyl (C=O) groups is 1. The quantitative estimate of drug-likeness (QED) is 0.774. The number of nitrogens with two attached hydrogens (primary N) is 1. The summed E-state index contributed by atoms with van der Waals surface area (Å²) in [7, 11) is 1.66. The molecule has 0 saturated carbocycles. The van der Waals surface area contributed by atoms with Crippen molar-refractivity contribution in [2.45, 2.75) is 51.5 Å². The van der Waals surface area contributed by atoms with Crippen LogP contribution < -0.4 is 15.8 Å². The van der Waals surface area contributed by atoms with E-state index in [1.165, 1.54) is 5.56 Å². The third kappa shape index (κ3) is 5.38. The van der Waals surface area contributed by atoms with Crippen molar-refractivity contribution in [2.75, 3.05) is 13.7 Å². The molecule has 21 heavy (non-hydrogen) atoms. The van der Waals surface area contributed by atoms with Gasteiger partial charge in [0.25, 0.3) is 0 Å². The van der Waals surface area contributed by atoms with Crippen molar-refractivity contribution < 1.29 is 9.53 Å². The van der Waals surface area contributed by atoms with Gasteiger partial charge in [-0.25, -0.2) is 0 Å². The fourth-order valence-electron chi connectivity index (χ4n) is 2.34. The summed E-state index contributed by atoms with van der Waals surface area (Å²) in [5.41, 5.74) is 6.48. The summed E-state index contributed by atoms with van der Waals surface area (Å²) in [6, 6.07) is 8.05. The zero-order valence-electron chi connectivity index (χ0n) is 13.6. The first-order valence-corrected chi connectivity index (χ1v) is 7.62. The molecule has 4 nitrogen and oxygen atoms in total. The van der Waals surface area contributed by atoms with Crippen molar-refractivity contribution >= 4 is 5.91 Å². The first-order valence-electron chi connectivity index (χ1n) is 7.62. The largest absolute Gasteiger partial charge is 0.497 e. The molecule has 1 amide bonds. The van der Waals surface area contributed by atoms with E-state index in [2.05, 4.69) is 24.4 Å². The van der Waals surface area contributed by atoms with Crippen molar-refractivity contribution in [1.29, 1.82) is 0 Å². The number of benzene rings is 1. The summed E-state index contributed by atoms with van der Waals surface area (Å²) in [6.45, 7) is 6.62. The first kappa shape index (κ1) is 17.5. The fraction of sp³-hybridized carbons (Fsp3) is 0.588. The molecule has 0 aliphatic rings. The van der Waals surface area contributed by atoms with E-state index in [1.54, 1.807) is 14.0 Å². The predicted molar refractivity (Wildman–Crippen MR) is 86.5 cm³/mol. The van der Waals surface area contributed by atoms with Crippen LogP contribution in [0.3, 0.4) is 0 Å². The topological polar surface area (TPSA) is 64.4 Å². The molecule has 0 aliphatic carbocycles. The lowest BCUT2D eigenvalue weighted by Gasteiger charge is -2.23. The monoisotopic (exact) mass is 292 g/mol.